The summed E-state index contributed by atoms with van der Waals surface area (Å²) >= 11 is 5.60. The molecule has 0 saturated carbocycles. The second-order valence-electron chi connectivity index (χ2n) is 3.92. The first-order valence-corrected chi connectivity index (χ1v) is 5.79. The van der Waals surface area contributed by atoms with Crippen LogP contribution >= 0.6 is 11.6 Å². The summed E-state index contributed by atoms with van der Waals surface area (Å²) in [5.74, 6) is -2.55. The Labute approximate surface area is 117 Å². The van der Waals surface area contributed by atoms with Gasteiger partial charge in [-0.3, -0.25) is 9.48 Å². The van der Waals surface area contributed by atoms with E-state index in [0.29, 0.717) is 0 Å². The van der Waals surface area contributed by atoms with Crippen LogP contribution in [0.2, 0.25) is 5.02 Å². The molecule has 1 aromatic heterocycles. The number of nitrogens with one attached hydrogen (secondary N) is 1. The van der Waals surface area contributed by atoms with Crippen molar-refractivity contribution in [3.8, 4) is 0 Å². The van der Waals surface area contributed by atoms with E-state index in [9.17, 15) is 14.0 Å². The summed E-state index contributed by atoms with van der Waals surface area (Å²) in [5, 5.41) is 15.0. The van der Waals surface area contributed by atoms with E-state index >= 15 is 0 Å². The van der Waals surface area contributed by atoms with E-state index in [-0.39, 0.29) is 22.0 Å². The van der Waals surface area contributed by atoms with Gasteiger partial charge in [-0.25, -0.2) is 9.18 Å². The van der Waals surface area contributed by atoms with Gasteiger partial charge in [0, 0.05) is 12.7 Å². The zero-order chi connectivity index (χ0) is 14.9. The molecular formula is C12H9ClFN3O3. The Kier molecular flexibility index (Phi) is 3.71. The van der Waals surface area contributed by atoms with Crippen molar-refractivity contribution in [3.63, 3.8) is 0 Å². The second kappa shape index (κ2) is 5.30. The maximum atomic E-state index is 13.0. The van der Waals surface area contributed by atoms with Crippen molar-refractivity contribution in [1.82, 2.24) is 9.78 Å². The predicted molar refractivity (Wildman–Crippen MR) is 69.5 cm³/mol. The Morgan fingerprint density at radius 3 is 2.75 bits per heavy atom. The van der Waals surface area contributed by atoms with Gasteiger partial charge in [-0.05, 0) is 18.2 Å². The summed E-state index contributed by atoms with van der Waals surface area (Å²) in [6.45, 7) is 0. The fourth-order valence-electron chi connectivity index (χ4n) is 1.63. The minimum Gasteiger partial charge on any atom is -0.478 e. The summed E-state index contributed by atoms with van der Waals surface area (Å²) in [6.07, 6.45) is 1.08. The third-order valence-electron chi connectivity index (χ3n) is 2.56. The van der Waals surface area contributed by atoms with Crippen LogP contribution in [0.15, 0.2) is 24.4 Å². The first-order chi connectivity index (χ1) is 9.40. The van der Waals surface area contributed by atoms with Crippen LogP contribution in [0.25, 0.3) is 0 Å². The predicted octanol–water partition coefficient (Wildman–Crippen LogP) is 2.16. The van der Waals surface area contributed by atoms with Crippen molar-refractivity contribution in [1.29, 1.82) is 0 Å². The molecule has 2 N–H and O–H groups in total. The molecule has 2 aromatic rings. The highest BCUT2D eigenvalue weighted by Crippen LogP contribution is 2.20. The largest absolute Gasteiger partial charge is 0.478 e. The van der Waals surface area contributed by atoms with E-state index in [1.807, 2.05) is 0 Å². The number of aryl methyl sites for hydroxylation is 1. The zero-order valence-corrected chi connectivity index (χ0v) is 11.0. The molecule has 20 heavy (non-hydrogen) atoms. The number of halogens is 2. The maximum Gasteiger partial charge on any atom is 0.339 e. The lowest BCUT2D eigenvalue weighted by atomic mass is 10.2. The smallest absolute Gasteiger partial charge is 0.339 e. The molecule has 2 rings (SSSR count). The Morgan fingerprint density at radius 2 is 2.15 bits per heavy atom. The number of amides is 1. The normalized spacial score (nSPS) is 10.3. The molecule has 0 atom stereocenters. The Hall–Kier alpha value is -2.41. The van der Waals surface area contributed by atoms with Crippen LogP contribution in [-0.4, -0.2) is 26.8 Å². The molecule has 0 radical (unpaired) electrons. The monoisotopic (exact) mass is 297 g/mol. The number of benzene rings is 1. The molecule has 0 aliphatic heterocycles. The minimum absolute atomic E-state index is 0.113. The number of aromatic nitrogens is 2. The summed E-state index contributed by atoms with van der Waals surface area (Å²) in [5.41, 5.74) is -0.0879. The van der Waals surface area contributed by atoms with Crippen LogP contribution in [0.4, 0.5) is 10.1 Å². The van der Waals surface area contributed by atoms with Crippen LogP contribution < -0.4 is 5.32 Å². The molecule has 0 spiro atoms. The number of carboxylic acids is 1. The van der Waals surface area contributed by atoms with E-state index in [1.54, 1.807) is 0 Å². The van der Waals surface area contributed by atoms with Crippen molar-refractivity contribution < 1.29 is 19.1 Å². The van der Waals surface area contributed by atoms with Crippen LogP contribution in [0.5, 0.6) is 0 Å². The number of hydrogen-bond acceptors (Lipinski definition) is 3. The minimum atomic E-state index is -1.26. The number of carbonyl (C=O) groups excluding carboxylic acids is 1. The van der Waals surface area contributed by atoms with Crippen LogP contribution in [-0.2, 0) is 7.05 Å². The molecule has 0 fully saturated rings. The van der Waals surface area contributed by atoms with Crippen molar-refractivity contribution in [2.75, 3.05) is 5.32 Å². The Morgan fingerprint density at radius 1 is 1.45 bits per heavy atom. The lowest BCUT2D eigenvalue weighted by molar-refractivity contribution is 0.0692. The average Bonchev–Trinajstić information content (AvgIpc) is 2.76. The van der Waals surface area contributed by atoms with Gasteiger partial charge in [-0.15, -0.1) is 0 Å². The standard InChI is InChI=1S/C12H9ClFN3O3/c1-17-10(7(5-15-17)12(19)20)11(18)16-6-2-3-9(14)8(13)4-6/h2-5H,1H3,(H,16,18)(H,19,20). The second-order valence-corrected chi connectivity index (χ2v) is 4.33. The summed E-state index contributed by atoms with van der Waals surface area (Å²) in [6, 6.07) is 3.64. The molecule has 0 bridgehead atoms. The molecule has 1 amide bonds. The third kappa shape index (κ3) is 2.62. The summed E-state index contributed by atoms with van der Waals surface area (Å²) < 4.78 is 14.1. The van der Waals surface area contributed by atoms with Crippen molar-refractivity contribution >= 4 is 29.2 Å². The number of nitrogens with zero attached hydrogens (tertiary/aromatic N) is 2. The van der Waals surface area contributed by atoms with E-state index in [4.69, 9.17) is 16.7 Å². The number of hydrogen-bond donors (Lipinski definition) is 2. The molecular weight excluding hydrogens is 289 g/mol. The molecule has 0 aliphatic carbocycles. The van der Waals surface area contributed by atoms with Crippen LogP contribution in [0.3, 0.4) is 0 Å². The molecule has 6 nitrogen and oxygen atoms in total. The molecule has 8 heteroatoms. The van der Waals surface area contributed by atoms with E-state index < -0.39 is 17.7 Å². The van der Waals surface area contributed by atoms with Crippen molar-refractivity contribution in [2.24, 2.45) is 7.05 Å². The molecule has 0 aliphatic rings. The van der Waals surface area contributed by atoms with Gasteiger partial charge in [0.2, 0.25) is 0 Å². The van der Waals surface area contributed by atoms with Gasteiger partial charge in [-0.2, -0.15) is 5.10 Å². The van der Waals surface area contributed by atoms with Gasteiger partial charge in [0.1, 0.15) is 17.1 Å². The van der Waals surface area contributed by atoms with Gasteiger partial charge in [0.25, 0.3) is 5.91 Å². The zero-order valence-electron chi connectivity index (χ0n) is 10.2. The highest BCUT2D eigenvalue weighted by atomic mass is 35.5. The number of rotatable bonds is 3. The molecule has 1 heterocycles. The maximum absolute atomic E-state index is 13.0. The van der Waals surface area contributed by atoms with Crippen LogP contribution in [0, 0.1) is 5.82 Å². The Bertz CT molecular complexity index is 699. The van der Waals surface area contributed by atoms with Crippen molar-refractivity contribution in [3.05, 3.63) is 46.5 Å². The SMILES string of the molecule is Cn1ncc(C(=O)O)c1C(=O)Nc1ccc(F)c(Cl)c1. The first kappa shape index (κ1) is 14.0. The lowest BCUT2D eigenvalue weighted by Gasteiger charge is -2.07. The fraction of sp³-hybridized carbons (Fsp3) is 0.0833. The van der Waals surface area contributed by atoms with Gasteiger partial charge in [0.05, 0.1) is 11.2 Å². The van der Waals surface area contributed by atoms with Gasteiger partial charge in [-0.1, -0.05) is 11.6 Å². The average molecular weight is 298 g/mol. The highest BCUT2D eigenvalue weighted by molar-refractivity contribution is 6.31. The number of carboxylic acid groups (broad SMARTS) is 1. The van der Waals surface area contributed by atoms with E-state index in [1.165, 1.54) is 19.2 Å². The van der Waals surface area contributed by atoms with Gasteiger partial charge in [0.15, 0.2) is 0 Å². The topological polar surface area (TPSA) is 84.2 Å². The number of aromatic carboxylic acids is 1. The van der Waals surface area contributed by atoms with Crippen LogP contribution in [0.1, 0.15) is 20.8 Å². The van der Waals surface area contributed by atoms with Crippen molar-refractivity contribution in [2.45, 2.75) is 0 Å². The van der Waals surface area contributed by atoms with E-state index in [2.05, 4.69) is 10.4 Å². The molecule has 0 saturated heterocycles. The van der Waals surface area contributed by atoms with E-state index in [0.717, 1.165) is 16.9 Å². The Balaban J connectivity index is 2.30. The fourth-order valence-corrected chi connectivity index (χ4v) is 1.81. The number of anilines is 1. The van der Waals surface area contributed by atoms with Gasteiger partial charge >= 0.3 is 5.97 Å². The first-order valence-electron chi connectivity index (χ1n) is 5.42. The number of carbonyl (C=O) groups is 2. The highest BCUT2D eigenvalue weighted by Gasteiger charge is 2.21. The molecule has 0 unspecified atom stereocenters. The molecule has 1 aromatic carbocycles. The molecule has 104 valence electrons. The quantitative estimate of drug-likeness (QED) is 0.909. The van der Waals surface area contributed by atoms with Gasteiger partial charge < -0.3 is 10.4 Å². The summed E-state index contributed by atoms with van der Waals surface area (Å²) in [4.78, 5) is 23.0. The lowest BCUT2D eigenvalue weighted by Crippen LogP contribution is -2.19. The summed E-state index contributed by atoms with van der Waals surface area (Å²) in [7, 11) is 1.44. The third-order valence-corrected chi connectivity index (χ3v) is 2.85.